The maximum atomic E-state index is 12.9. The Bertz CT molecular complexity index is 705. The lowest BCUT2D eigenvalue weighted by Gasteiger charge is -2.28. The zero-order valence-electron chi connectivity index (χ0n) is 14.4. The Morgan fingerprint density at radius 1 is 1.24 bits per heavy atom. The molecule has 1 amide bonds. The van der Waals surface area contributed by atoms with E-state index in [0.717, 1.165) is 25.1 Å². The molecule has 1 aliphatic heterocycles. The van der Waals surface area contributed by atoms with Gasteiger partial charge in [0.05, 0.1) is 18.3 Å². The third-order valence-corrected chi connectivity index (χ3v) is 5.00. The van der Waals surface area contributed by atoms with Crippen LogP contribution in [0.25, 0.3) is 0 Å². The average molecular weight is 340 g/mol. The number of benzene rings is 1. The van der Waals surface area contributed by atoms with Crippen LogP contribution in [0, 0.1) is 0 Å². The van der Waals surface area contributed by atoms with Crippen molar-refractivity contribution in [2.24, 2.45) is 0 Å². The first kappa shape index (κ1) is 16.3. The molecule has 1 saturated heterocycles. The standard InChI is InChI=1S/C19H24N4O2/c24-19(13-22-12-18(20-21-22)16-6-7-16)23(17-9-11-25-14-17)10-8-15-4-2-1-3-5-15/h1-5,12,16-17H,6-11,13-14H2/t17-/m1/s1. The molecule has 132 valence electrons. The van der Waals surface area contributed by atoms with Crippen molar-refractivity contribution in [3.8, 4) is 0 Å². The fourth-order valence-corrected chi connectivity index (χ4v) is 3.36. The number of carbonyl (C=O) groups excluding carboxylic acids is 1. The topological polar surface area (TPSA) is 60.2 Å². The second-order valence-electron chi connectivity index (χ2n) is 6.96. The van der Waals surface area contributed by atoms with Crippen LogP contribution in [0.2, 0.25) is 0 Å². The summed E-state index contributed by atoms with van der Waals surface area (Å²) >= 11 is 0. The molecule has 0 N–H and O–H groups in total. The van der Waals surface area contributed by atoms with Gasteiger partial charge in [-0.15, -0.1) is 5.10 Å². The van der Waals surface area contributed by atoms with Crippen molar-refractivity contribution in [1.29, 1.82) is 0 Å². The summed E-state index contributed by atoms with van der Waals surface area (Å²) in [4.78, 5) is 14.9. The molecule has 2 fully saturated rings. The van der Waals surface area contributed by atoms with Crippen LogP contribution in [0.4, 0.5) is 0 Å². The van der Waals surface area contributed by atoms with Gasteiger partial charge in [0.15, 0.2) is 0 Å². The van der Waals surface area contributed by atoms with Gasteiger partial charge in [-0.3, -0.25) is 4.79 Å². The summed E-state index contributed by atoms with van der Waals surface area (Å²) < 4.78 is 7.19. The molecule has 0 bridgehead atoms. The first-order valence-electron chi connectivity index (χ1n) is 9.11. The van der Waals surface area contributed by atoms with Gasteiger partial charge in [-0.05, 0) is 31.2 Å². The Balaban J connectivity index is 1.41. The van der Waals surface area contributed by atoms with Crippen LogP contribution in [-0.2, 0) is 22.5 Å². The highest BCUT2D eigenvalue weighted by atomic mass is 16.5. The highest BCUT2D eigenvalue weighted by molar-refractivity contribution is 5.76. The summed E-state index contributed by atoms with van der Waals surface area (Å²) in [5, 5.41) is 8.33. The second kappa shape index (κ2) is 7.35. The van der Waals surface area contributed by atoms with Crippen LogP contribution in [0.1, 0.15) is 36.4 Å². The van der Waals surface area contributed by atoms with E-state index in [1.807, 2.05) is 29.3 Å². The van der Waals surface area contributed by atoms with Gasteiger partial charge in [0, 0.05) is 25.3 Å². The first-order chi connectivity index (χ1) is 12.3. The monoisotopic (exact) mass is 340 g/mol. The lowest BCUT2D eigenvalue weighted by atomic mass is 10.1. The van der Waals surface area contributed by atoms with Crippen LogP contribution in [0.3, 0.4) is 0 Å². The number of amides is 1. The van der Waals surface area contributed by atoms with Gasteiger partial charge in [-0.25, -0.2) is 4.68 Å². The number of nitrogens with zero attached hydrogens (tertiary/aromatic N) is 4. The van der Waals surface area contributed by atoms with Gasteiger partial charge in [-0.1, -0.05) is 35.5 Å². The highest BCUT2D eigenvalue weighted by Crippen LogP contribution is 2.38. The van der Waals surface area contributed by atoms with Crippen molar-refractivity contribution in [3.05, 3.63) is 47.8 Å². The van der Waals surface area contributed by atoms with E-state index in [0.29, 0.717) is 19.1 Å². The van der Waals surface area contributed by atoms with E-state index < -0.39 is 0 Å². The third-order valence-electron chi connectivity index (χ3n) is 5.00. The number of aromatic nitrogens is 3. The normalized spacial score (nSPS) is 19.9. The molecule has 0 spiro atoms. The van der Waals surface area contributed by atoms with E-state index >= 15 is 0 Å². The summed E-state index contributed by atoms with van der Waals surface area (Å²) in [5.41, 5.74) is 2.27. The molecule has 25 heavy (non-hydrogen) atoms. The quantitative estimate of drug-likeness (QED) is 0.774. The number of rotatable bonds is 7. The molecule has 6 heteroatoms. The summed E-state index contributed by atoms with van der Waals surface area (Å²) in [6, 6.07) is 10.5. The minimum Gasteiger partial charge on any atom is -0.379 e. The van der Waals surface area contributed by atoms with Gasteiger partial charge in [0.2, 0.25) is 5.91 Å². The van der Waals surface area contributed by atoms with Gasteiger partial charge < -0.3 is 9.64 Å². The van der Waals surface area contributed by atoms with Crippen molar-refractivity contribution in [1.82, 2.24) is 19.9 Å². The van der Waals surface area contributed by atoms with Crippen molar-refractivity contribution in [3.63, 3.8) is 0 Å². The molecule has 1 aromatic carbocycles. The molecule has 2 heterocycles. The molecular weight excluding hydrogens is 316 g/mol. The Morgan fingerprint density at radius 3 is 2.80 bits per heavy atom. The summed E-state index contributed by atoms with van der Waals surface area (Å²) in [6.07, 6.45) is 6.07. The summed E-state index contributed by atoms with van der Waals surface area (Å²) in [5.74, 6) is 0.653. The number of ether oxygens (including phenoxy) is 1. The van der Waals surface area contributed by atoms with Crippen molar-refractivity contribution in [2.75, 3.05) is 19.8 Å². The van der Waals surface area contributed by atoms with E-state index in [4.69, 9.17) is 4.74 Å². The van der Waals surface area contributed by atoms with Crippen LogP contribution >= 0.6 is 0 Å². The van der Waals surface area contributed by atoms with Gasteiger partial charge >= 0.3 is 0 Å². The number of carbonyl (C=O) groups is 1. The lowest BCUT2D eigenvalue weighted by molar-refractivity contribution is -0.134. The van der Waals surface area contributed by atoms with Gasteiger partial charge in [-0.2, -0.15) is 0 Å². The fraction of sp³-hybridized carbons (Fsp3) is 0.526. The third kappa shape index (κ3) is 4.07. The molecule has 6 nitrogen and oxygen atoms in total. The molecule has 4 rings (SSSR count). The minimum absolute atomic E-state index is 0.0960. The van der Waals surface area contributed by atoms with Crippen LogP contribution < -0.4 is 0 Å². The number of hydrogen-bond acceptors (Lipinski definition) is 4. The molecule has 2 aliphatic rings. The van der Waals surface area contributed by atoms with E-state index in [9.17, 15) is 4.79 Å². The van der Waals surface area contributed by atoms with Crippen LogP contribution in [-0.4, -0.2) is 51.6 Å². The molecule has 0 radical (unpaired) electrons. The van der Waals surface area contributed by atoms with Gasteiger partial charge in [0.1, 0.15) is 6.54 Å². The zero-order valence-corrected chi connectivity index (χ0v) is 14.4. The van der Waals surface area contributed by atoms with Gasteiger partial charge in [0.25, 0.3) is 0 Å². The predicted molar refractivity (Wildman–Crippen MR) is 93.1 cm³/mol. The van der Waals surface area contributed by atoms with Crippen molar-refractivity contribution in [2.45, 2.75) is 44.2 Å². The molecule has 2 aromatic rings. The lowest BCUT2D eigenvalue weighted by Crippen LogP contribution is -2.43. The fourth-order valence-electron chi connectivity index (χ4n) is 3.36. The first-order valence-corrected chi connectivity index (χ1v) is 9.11. The maximum Gasteiger partial charge on any atom is 0.244 e. The predicted octanol–water partition coefficient (Wildman–Crippen LogP) is 2.02. The van der Waals surface area contributed by atoms with Crippen LogP contribution in [0.15, 0.2) is 36.5 Å². The molecule has 0 unspecified atom stereocenters. The Hall–Kier alpha value is -2.21. The Morgan fingerprint density at radius 2 is 2.08 bits per heavy atom. The smallest absolute Gasteiger partial charge is 0.244 e. The SMILES string of the molecule is O=C(Cn1cc(C2CC2)nn1)N(CCc1ccccc1)[C@@H]1CCOC1. The van der Waals surface area contributed by atoms with Crippen molar-refractivity contribution < 1.29 is 9.53 Å². The number of hydrogen-bond donors (Lipinski definition) is 0. The Kier molecular flexibility index (Phi) is 4.78. The largest absolute Gasteiger partial charge is 0.379 e. The molecule has 1 aliphatic carbocycles. The minimum atomic E-state index is 0.0960. The van der Waals surface area contributed by atoms with E-state index in [1.165, 1.54) is 18.4 Å². The maximum absolute atomic E-state index is 12.9. The summed E-state index contributed by atoms with van der Waals surface area (Å²) in [6.45, 7) is 2.33. The highest BCUT2D eigenvalue weighted by Gasteiger charge is 2.29. The summed E-state index contributed by atoms with van der Waals surface area (Å²) in [7, 11) is 0. The second-order valence-corrected chi connectivity index (χ2v) is 6.96. The zero-order chi connectivity index (χ0) is 17.1. The molecular formula is C19H24N4O2. The van der Waals surface area contributed by atoms with E-state index in [2.05, 4.69) is 22.4 Å². The van der Waals surface area contributed by atoms with E-state index in [-0.39, 0.29) is 18.5 Å². The molecule has 1 atom stereocenters. The Labute approximate surface area is 147 Å². The molecule has 1 aromatic heterocycles. The van der Waals surface area contributed by atoms with Crippen molar-refractivity contribution >= 4 is 5.91 Å². The van der Waals surface area contributed by atoms with Crippen LogP contribution in [0.5, 0.6) is 0 Å². The average Bonchev–Trinajstić information content (AvgIpc) is 3.14. The molecule has 1 saturated carbocycles. The van der Waals surface area contributed by atoms with E-state index in [1.54, 1.807) is 4.68 Å².